The molecule has 4 rings (SSSR count). The average Bonchev–Trinajstić information content (AvgIpc) is 3.33. The molecule has 2 aromatic heterocycles. The minimum Gasteiger partial charge on any atom is -0.497 e. The number of benzene rings is 1. The molecule has 0 aliphatic carbocycles. The second-order valence-electron chi connectivity index (χ2n) is 6.95. The third kappa shape index (κ3) is 3.96. The summed E-state index contributed by atoms with van der Waals surface area (Å²) in [6.45, 7) is 3.39. The Morgan fingerprint density at radius 3 is 3.11 bits per heavy atom. The number of methoxy groups -OCH3 is 2. The van der Waals surface area contributed by atoms with Crippen molar-refractivity contribution in [2.24, 2.45) is 0 Å². The van der Waals surface area contributed by atoms with Crippen LogP contribution in [0.3, 0.4) is 0 Å². The fourth-order valence-corrected chi connectivity index (χ4v) is 3.65. The number of fused-ring (bicyclic) bond motifs is 1. The van der Waals surface area contributed by atoms with Crippen molar-refractivity contribution < 1.29 is 14.0 Å². The molecule has 0 bridgehead atoms. The van der Waals surface area contributed by atoms with Crippen LogP contribution in [0.15, 0.2) is 22.7 Å². The summed E-state index contributed by atoms with van der Waals surface area (Å²) in [4.78, 5) is 6.97. The third-order valence-electron chi connectivity index (χ3n) is 5.09. The van der Waals surface area contributed by atoms with Gasteiger partial charge in [0.15, 0.2) is 5.82 Å². The Kier molecular flexibility index (Phi) is 5.35. The number of ether oxygens (including phenoxy) is 2. The van der Waals surface area contributed by atoms with Crippen molar-refractivity contribution in [2.45, 2.75) is 31.7 Å². The lowest BCUT2D eigenvalue weighted by Crippen LogP contribution is -2.34. The number of hydrogen-bond donors (Lipinski definition) is 1. The first-order valence-electron chi connectivity index (χ1n) is 9.31. The highest BCUT2D eigenvalue weighted by Crippen LogP contribution is 2.28. The molecule has 3 heterocycles. The second kappa shape index (κ2) is 8.06. The summed E-state index contributed by atoms with van der Waals surface area (Å²) < 4.78 is 15.9. The van der Waals surface area contributed by atoms with Gasteiger partial charge < -0.3 is 14.0 Å². The van der Waals surface area contributed by atoms with Crippen LogP contribution in [0.2, 0.25) is 0 Å². The van der Waals surface area contributed by atoms with Gasteiger partial charge >= 0.3 is 0 Å². The van der Waals surface area contributed by atoms with Crippen LogP contribution < -0.4 is 4.74 Å². The van der Waals surface area contributed by atoms with E-state index in [1.54, 1.807) is 14.2 Å². The van der Waals surface area contributed by atoms with Gasteiger partial charge in [-0.25, -0.2) is 0 Å². The van der Waals surface area contributed by atoms with Crippen molar-refractivity contribution in [2.75, 3.05) is 33.9 Å². The molecule has 1 atom stereocenters. The quantitative estimate of drug-likeness (QED) is 0.682. The number of hydrogen-bond acceptors (Lipinski definition) is 7. The molecular formula is C19H25N5O3. The smallest absolute Gasteiger partial charge is 0.231 e. The molecule has 8 heteroatoms. The summed E-state index contributed by atoms with van der Waals surface area (Å²) >= 11 is 0. The summed E-state index contributed by atoms with van der Waals surface area (Å²) in [5.74, 6) is 2.55. The van der Waals surface area contributed by atoms with Gasteiger partial charge in [-0.2, -0.15) is 10.1 Å². The van der Waals surface area contributed by atoms with Gasteiger partial charge in [-0.05, 0) is 31.5 Å². The second-order valence-corrected chi connectivity index (χ2v) is 6.95. The summed E-state index contributed by atoms with van der Waals surface area (Å²) in [5, 5.41) is 12.8. The minimum atomic E-state index is 0.275. The maximum absolute atomic E-state index is 5.50. The molecule has 0 saturated carbocycles. The molecule has 0 amide bonds. The van der Waals surface area contributed by atoms with Gasteiger partial charge in [0.2, 0.25) is 5.89 Å². The van der Waals surface area contributed by atoms with Crippen LogP contribution in [0.4, 0.5) is 0 Å². The van der Waals surface area contributed by atoms with Crippen molar-refractivity contribution in [1.82, 2.24) is 25.2 Å². The van der Waals surface area contributed by atoms with Crippen molar-refractivity contribution in [3.8, 4) is 5.75 Å². The summed E-state index contributed by atoms with van der Waals surface area (Å²) in [6, 6.07) is 5.99. The van der Waals surface area contributed by atoms with E-state index in [9.17, 15) is 0 Å². The normalized spacial score (nSPS) is 18.2. The predicted molar refractivity (Wildman–Crippen MR) is 99.8 cm³/mol. The number of H-pyrrole nitrogens is 1. The molecule has 1 N–H and O–H groups in total. The lowest BCUT2D eigenvalue weighted by molar-refractivity contribution is 0.179. The van der Waals surface area contributed by atoms with Crippen LogP contribution in [0, 0.1) is 0 Å². The molecule has 0 radical (unpaired) electrons. The van der Waals surface area contributed by atoms with Crippen molar-refractivity contribution in [1.29, 1.82) is 0 Å². The van der Waals surface area contributed by atoms with E-state index in [1.165, 1.54) is 0 Å². The molecule has 1 aliphatic heterocycles. The van der Waals surface area contributed by atoms with Crippen LogP contribution in [-0.4, -0.2) is 59.2 Å². The Labute approximate surface area is 157 Å². The van der Waals surface area contributed by atoms with Gasteiger partial charge in [-0.1, -0.05) is 5.16 Å². The zero-order chi connectivity index (χ0) is 18.6. The molecule has 1 aromatic carbocycles. The highest BCUT2D eigenvalue weighted by molar-refractivity contribution is 5.82. The first kappa shape index (κ1) is 17.9. The summed E-state index contributed by atoms with van der Waals surface area (Å²) in [5.41, 5.74) is 2.05. The van der Waals surface area contributed by atoms with E-state index in [1.807, 2.05) is 12.1 Å². The molecule has 1 fully saturated rings. The zero-order valence-electron chi connectivity index (χ0n) is 15.8. The Morgan fingerprint density at radius 1 is 1.33 bits per heavy atom. The molecular weight excluding hydrogens is 346 g/mol. The minimum absolute atomic E-state index is 0.275. The number of likely N-dealkylation sites (tertiary alicyclic amines) is 1. The summed E-state index contributed by atoms with van der Waals surface area (Å²) in [7, 11) is 3.34. The molecule has 27 heavy (non-hydrogen) atoms. The van der Waals surface area contributed by atoms with Crippen LogP contribution in [-0.2, 0) is 17.7 Å². The van der Waals surface area contributed by atoms with Crippen LogP contribution >= 0.6 is 0 Å². The Bertz CT molecular complexity index is 890. The van der Waals surface area contributed by atoms with Crippen molar-refractivity contribution in [3.05, 3.63) is 35.6 Å². The number of piperidine rings is 1. The molecule has 3 aromatic rings. The van der Waals surface area contributed by atoms with Crippen LogP contribution in [0.1, 0.15) is 36.2 Å². The number of rotatable bonds is 7. The maximum Gasteiger partial charge on any atom is 0.231 e. The monoisotopic (exact) mass is 371 g/mol. The molecule has 1 unspecified atom stereocenters. The number of aromatic nitrogens is 4. The largest absolute Gasteiger partial charge is 0.497 e. The van der Waals surface area contributed by atoms with Gasteiger partial charge in [0, 0.05) is 38.1 Å². The van der Waals surface area contributed by atoms with E-state index in [4.69, 9.17) is 14.0 Å². The molecule has 8 nitrogen and oxygen atoms in total. The predicted octanol–water partition coefficient (Wildman–Crippen LogP) is 2.52. The SMILES string of the molecule is COCCc1noc(C2CCCN(Cc3[nH]nc4cc(OC)ccc34)C2)n1. The van der Waals surface area contributed by atoms with E-state index in [-0.39, 0.29) is 5.92 Å². The lowest BCUT2D eigenvalue weighted by Gasteiger charge is -2.30. The average molecular weight is 371 g/mol. The van der Waals surface area contributed by atoms with Crippen molar-refractivity contribution in [3.63, 3.8) is 0 Å². The molecule has 0 spiro atoms. The maximum atomic E-state index is 5.50. The van der Waals surface area contributed by atoms with Crippen LogP contribution in [0.5, 0.6) is 5.75 Å². The third-order valence-corrected chi connectivity index (χ3v) is 5.09. The van der Waals surface area contributed by atoms with Crippen LogP contribution in [0.25, 0.3) is 10.9 Å². The van der Waals surface area contributed by atoms with Crippen molar-refractivity contribution >= 4 is 10.9 Å². The number of aromatic amines is 1. The van der Waals surface area contributed by atoms with Gasteiger partial charge in [-0.3, -0.25) is 10.00 Å². The fraction of sp³-hybridized carbons (Fsp3) is 0.526. The first-order valence-corrected chi connectivity index (χ1v) is 9.31. The molecule has 144 valence electrons. The molecule has 1 saturated heterocycles. The number of nitrogens with one attached hydrogen (secondary N) is 1. The first-order chi connectivity index (χ1) is 13.3. The number of nitrogens with zero attached hydrogens (tertiary/aromatic N) is 4. The fourth-order valence-electron chi connectivity index (χ4n) is 3.65. The Morgan fingerprint density at radius 2 is 2.26 bits per heavy atom. The topological polar surface area (TPSA) is 89.3 Å². The Balaban J connectivity index is 1.43. The lowest BCUT2D eigenvalue weighted by atomic mass is 9.97. The Hall–Kier alpha value is -2.45. The summed E-state index contributed by atoms with van der Waals surface area (Å²) in [6.07, 6.45) is 2.86. The zero-order valence-corrected chi connectivity index (χ0v) is 15.8. The highest BCUT2D eigenvalue weighted by Gasteiger charge is 2.26. The van der Waals surface area contributed by atoms with Gasteiger partial charge in [0.25, 0.3) is 0 Å². The van der Waals surface area contributed by atoms with Gasteiger partial charge in [-0.15, -0.1) is 0 Å². The van der Waals surface area contributed by atoms with Gasteiger partial charge in [0.1, 0.15) is 5.75 Å². The molecule has 1 aliphatic rings. The van der Waals surface area contributed by atoms with E-state index in [0.29, 0.717) is 13.0 Å². The van der Waals surface area contributed by atoms with E-state index >= 15 is 0 Å². The van der Waals surface area contributed by atoms with E-state index < -0.39 is 0 Å². The standard InChI is InChI=1S/C19H25N5O3/c1-25-9-7-18-20-19(27-23-18)13-4-3-8-24(11-13)12-17-15-6-5-14(26-2)10-16(15)21-22-17/h5-6,10,13H,3-4,7-9,11-12H2,1-2H3,(H,21,22). The highest BCUT2D eigenvalue weighted by atomic mass is 16.5. The van der Waals surface area contributed by atoms with E-state index in [2.05, 4.69) is 31.3 Å². The van der Waals surface area contributed by atoms with Gasteiger partial charge in [0.05, 0.1) is 30.8 Å². The van der Waals surface area contributed by atoms with E-state index in [0.717, 1.165) is 66.5 Å².